The van der Waals surface area contributed by atoms with Gasteiger partial charge in [-0.25, -0.2) is 0 Å². The molecule has 0 aromatic heterocycles. The third-order valence-electron chi connectivity index (χ3n) is 5.33. The topological polar surface area (TPSA) is 54.9 Å². The van der Waals surface area contributed by atoms with E-state index < -0.39 is 11.7 Å². The average molecular weight is 527 g/mol. The number of nitrogens with one attached hydrogen (secondary N) is 2. The van der Waals surface area contributed by atoms with Crippen LogP contribution >= 0.6 is 24.0 Å². The summed E-state index contributed by atoms with van der Waals surface area (Å²) in [4.78, 5) is 4.20. The number of benzene rings is 1. The number of rotatable bonds is 8. The Balaban J connectivity index is 0.00000300. The maximum absolute atomic E-state index is 13.0. The Bertz CT molecular complexity index is 675. The van der Waals surface area contributed by atoms with Crippen LogP contribution < -0.4 is 10.6 Å². The van der Waals surface area contributed by atoms with Crippen LogP contribution in [0.4, 0.5) is 13.2 Å². The van der Waals surface area contributed by atoms with Crippen molar-refractivity contribution in [1.29, 1.82) is 0 Å². The van der Waals surface area contributed by atoms with Crippen molar-refractivity contribution in [1.82, 2.24) is 10.6 Å². The van der Waals surface area contributed by atoms with Crippen LogP contribution in [0.1, 0.15) is 36.8 Å². The molecule has 2 N–H and O–H groups in total. The molecule has 1 unspecified atom stereocenters. The average Bonchev–Trinajstić information content (AvgIpc) is 3.29. The minimum Gasteiger partial charge on any atom is -0.379 e. The minimum atomic E-state index is -4.32. The molecule has 9 heteroatoms. The lowest BCUT2D eigenvalue weighted by molar-refractivity contribution is -0.137. The number of hydrogen-bond donors (Lipinski definition) is 2. The molecule has 1 aliphatic heterocycles. The number of halogens is 4. The van der Waals surface area contributed by atoms with Crippen LogP contribution in [-0.2, 0) is 21.1 Å². The minimum absolute atomic E-state index is 0. The van der Waals surface area contributed by atoms with Crippen LogP contribution in [-0.4, -0.2) is 52.0 Å². The Morgan fingerprint density at radius 3 is 2.72 bits per heavy atom. The van der Waals surface area contributed by atoms with Gasteiger partial charge in [0.15, 0.2) is 5.96 Å². The van der Waals surface area contributed by atoms with Crippen molar-refractivity contribution in [2.45, 2.75) is 43.4 Å². The van der Waals surface area contributed by atoms with E-state index in [0.29, 0.717) is 32.3 Å². The Kier molecular flexibility index (Phi) is 9.02. The first-order valence-electron chi connectivity index (χ1n) is 9.75. The van der Waals surface area contributed by atoms with Crippen molar-refractivity contribution < 1.29 is 22.6 Å². The zero-order chi connectivity index (χ0) is 20.0. The molecular weight excluding hydrogens is 498 g/mol. The number of ether oxygens (including phenoxy) is 2. The highest BCUT2D eigenvalue weighted by Crippen LogP contribution is 2.48. The summed E-state index contributed by atoms with van der Waals surface area (Å²) in [5.74, 6) is 0.655. The van der Waals surface area contributed by atoms with E-state index in [0.717, 1.165) is 43.9 Å². The molecule has 29 heavy (non-hydrogen) atoms. The Morgan fingerprint density at radius 1 is 1.31 bits per heavy atom. The molecule has 1 saturated carbocycles. The van der Waals surface area contributed by atoms with E-state index in [1.165, 1.54) is 12.1 Å². The first-order valence-corrected chi connectivity index (χ1v) is 9.75. The molecule has 2 fully saturated rings. The molecule has 0 radical (unpaired) electrons. The van der Waals surface area contributed by atoms with Crippen molar-refractivity contribution in [3.8, 4) is 0 Å². The molecule has 1 aromatic rings. The second-order valence-corrected chi connectivity index (χ2v) is 7.42. The Labute approximate surface area is 186 Å². The summed E-state index contributed by atoms with van der Waals surface area (Å²) >= 11 is 0. The van der Waals surface area contributed by atoms with E-state index in [-0.39, 0.29) is 35.5 Å². The van der Waals surface area contributed by atoms with E-state index in [1.54, 1.807) is 13.1 Å². The van der Waals surface area contributed by atoms with Crippen LogP contribution in [0.15, 0.2) is 29.3 Å². The summed E-state index contributed by atoms with van der Waals surface area (Å²) in [5.41, 5.74) is -0.103. The van der Waals surface area contributed by atoms with Crippen LogP contribution in [0.5, 0.6) is 0 Å². The highest BCUT2D eigenvalue weighted by atomic mass is 127. The van der Waals surface area contributed by atoms with Gasteiger partial charge in [0.05, 0.1) is 18.3 Å². The first kappa shape index (κ1) is 24.2. The van der Waals surface area contributed by atoms with Crippen molar-refractivity contribution in [2.24, 2.45) is 4.99 Å². The van der Waals surface area contributed by atoms with Crippen LogP contribution in [0.2, 0.25) is 0 Å². The molecule has 0 spiro atoms. The summed E-state index contributed by atoms with van der Waals surface area (Å²) in [6, 6.07) is 5.66. The SMILES string of the molecule is CN=C(NCCCOC1CCOC1)NCC1(c2cccc(C(F)(F)F)c2)CC1.I. The van der Waals surface area contributed by atoms with Gasteiger partial charge in [0, 0.05) is 38.8 Å². The van der Waals surface area contributed by atoms with Gasteiger partial charge in [0.1, 0.15) is 0 Å². The number of hydrogen-bond acceptors (Lipinski definition) is 3. The first-order chi connectivity index (χ1) is 13.4. The van der Waals surface area contributed by atoms with Crippen LogP contribution in [0.25, 0.3) is 0 Å². The fourth-order valence-electron chi connectivity index (χ4n) is 3.39. The fourth-order valence-corrected chi connectivity index (χ4v) is 3.39. The van der Waals surface area contributed by atoms with Gasteiger partial charge in [0.2, 0.25) is 0 Å². The molecule has 3 rings (SSSR count). The van der Waals surface area contributed by atoms with Gasteiger partial charge >= 0.3 is 6.18 Å². The van der Waals surface area contributed by atoms with Gasteiger partial charge in [0.25, 0.3) is 0 Å². The third kappa shape index (κ3) is 6.99. The lowest BCUT2D eigenvalue weighted by Crippen LogP contribution is -2.41. The van der Waals surface area contributed by atoms with Crippen LogP contribution in [0.3, 0.4) is 0 Å². The third-order valence-corrected chi connectivity index (χ3v) is 5.33. The summed E-state index contributed by atoms with van der Waals surface area (Å²) < 4.78 is 49.9. The molecule has 1 saturated heterocycles. The van der Waals surface area contributed by atoms with Crippen molar-refractivity contribution in [2.75, 3.05) is 40.0 Å². The largest absolute Gasteiger partial charge is 0.416 e. The smallest absolute Gasteiger partial charge is 0.379 e. The highest BCUT2D eigenvalue weighted by molar-refractivity contribution is 14.0. The van der Waals surface area contributed by atoms with E-state index >= 15 is 0 Å². The molecule has 1 aromatic carbocycles. The summed E-state index contributed by atoms with van der Waals surface area (Å²) in [6.07, 6.45) is -0.571. The van der Waals surface area contributed by atoms with Crippen molar-refractivity contribution >= 4 is 29.9 Å². The molecule has 0 bridgehead atoms. The molecule has 2 aliphatic rings. The Morgan fingerprint density at radius 2 is 2.10 bits per heavy atom. The van der Waals surface area contributed by atoms with Crippen molar-refractivity contribution in [3.63, 3.8) is 0 Å². The Hall–Kier alpha value is -1.07. The van der Waals surface area contributed by atoms with Gasteiger partial charge < -0.3 is 20.1 Å². The van der Waals surface area contributed by atoms with E-state index in [4.69, 9.17) is 9.47 Å². The second-order valence-electron chi connectivity index (χ2n) is 7.42. The maximum Gasteiger partial charge on any atom is 0.416 e. The molecule has 5 nitrogen and oxygen atoms in total. The van der Waals surface area contributed by atoms with Gasteiger partial charge in [-0.1, -0.05) is 18.2 Å². The molecular formula is C20H29F3IN3O2. The number of aliphatic imine (C=N–C) groups is 1. The van der Waals surface area contributed by atoms with Crippen LogP contribution in [0, 0.1) is 0 Å². The summed E-state index contributed by atoms with van der Waals surface area (Å²) in [7, 11) is 1.69. The lowest BCUT2D eigenvalue weighted by atomic mass is 9.94. The normalized spacial score (nSPS) is 20.8. The van der Waals surface area contributed by atoms with E-state index in [9.17, 15) is 13.2 Å². The number of alkyl halides is 3. The quantitative estimate of drug-likeness (QED) is 0.234. The molecule has 1 atom stereocenters. The molecule has 164 valence electrons. The second kappa shape index (κ2) is 10.8. The lowest BCUT2D eigenvalue weighted by Gasteiger charge is -2.20. The molecule has 0 amide bonds. The summed E-state index contributed by atoms with van der Waals surface area (Å²) in [5, 5.41) is 6.49. The maximum atomic E-state index is 13.0. The predicted molar refractivity (Wildman–Crippen MR) is 117 cm³/mol. The predicted octanol–water partition coefficient (Wildman–Crippen LogP) is 3.72. The fraction of sp³-hybridized carbons (Fsp3) is 0.650. The zero-order valence-electron chi connectivity index (χ0n) is 16.6. The zero-order valence-corrected chi connectivity index (χ0v) is 18.9. The van der Waals surface area contributed by atoms with Gasteiger partial charge in [-0.3, -0.25) is 4.99 Å². The van der Waals surface area contributed by atoms with Crippen molar-refractivity contribution in [3.05, 3.63) is 35.4 Å². The van der Waals surface area contributed by atoms with Gasteiger partial charge in [-0.05, 0) is 37.3 Å². The number of nitrogens with zero attached hydrogens (tertiary/aromatic N) is 1. The highest BCUT2D eigenvalue weighted by Gasteiger charge is 2.45. The summed E-state index contributed by atoms with van der Waals surface area (Å²) in [6.45, 7) is 3.38. The standard InChI is InChI=1S/C20H28F3N3O2.HI/c1-24-18(25-9-3-10-28-17-6-11-27-13-17)26-14-19(7-8-19)15-4-2-5-16(12-15)20(21,22)23;/h2,4-5,12,17H,3,6-11,13-14H2,1H3,(H2,24,25,26);1H. The van der Waals surface area contributed by atoms with E-state index in [1.807, 2.05) is 0 Å². The van der Waals surface area contributed by atoms with Gasteiger partial charge in [-0.15, -0.1) is 24.0 Å². The van der Waals surface area contributed by atoms with E-state index in [2.05, 4.69) is 15.6 Å². The number of guanidine groups is 1. The monoisotopic (exact) mass is 527 g/mol. The molecule has 1 heterocycles. The van der Waals surface area contributed by atoms with Gasteiger partial charge in [-0.2, -0.15) is 13.2 Å². The molecule has 1 aliphatic carbocycles.